The van der Waals surface area contributed by atoms with Crippen LogP contribution in [0.3, 0.4) is 0 Å². The van der Waals surface area contributed by atoms with Crippen LogP contribution in [0.25, 0.3) is 0 Å². The van der Waals surface area contributed by atoms with Crippen LogP contribution >= 0.6 is 0 Å². The van der Waals surface area contributed by atoms with Gasteiger partial charge < -0.3 is 0 Å². The summed E-state index contributed by atoms with van der Waals surface area (Å²) in [7, 11) is 0. The quantitative estimate of drug-likeness (QED) is 0.868. The highest BCUT2D eigenvalue weighted by atomic mass is 15.3. The molecule has 0 N–H and O–H groups in total. The molecule has 1 atom stereocenters. The molecule has 1 saturated heterocycles. The zero-order valence-electron chi connectivity index (χ0n) is 13.4. The van der Waals surface area contributed by atoms with Crippen molar-refractivity contribution >= 4 is 0 Å². The molecule has 0 spiro atoms. The van der Waals surface area contributed by atoms with Crippen molar-refractivity contribution in [1.29, 1.82) is 0 Å². The monoisotopic (exact) mass is 296 g/mol. The van der Waals surface area contributed by atoms with E-state index in [0.29, 0.717) is 6.04 Å². The van der Waals surface area contributed by atoms with Crippen LogP contribution in [0.15, 0.2) is 42.7 Å². The lowest BCUT2D eigenvalue weighted by atomic mass is 10.1. The Labute approximate surface area is 132 Å². The molecule has 1 aliphatic rings. The van der Waals surface area contributed by atoms with E-state index >= 15 is 0 Å². The molecule has 4 nitrogen and oxygen atoms in total. The van der Waals surface area contributed by atoms with Crippen LogP contribution in [0.2, 0.25) is 0 Å². The zero-order valence-corrected chi connectivity index (χ0v) is 13.4. The summed E-state index contributed by atoms with van der Waals surface area (Å²) >= 11 is 0. The predicted molar refractivity (Wildman–Crippen MR) is 88.5 cm³/mol. The second kappa shape index (κ2) is 6.99. The Bertz CT molecular complexity index is 591. The van der Waals surface area contributed by atoms with Crippen molar-refractivity contribution in [2.75, 3.05) is 26.2 Å². The standard InChI is InChI=1S/C18H24N4/c1-15-17(6-5-9-19-15)14-21-10-12-22(13-11-21)16(2)18-7-3-4-8-20-18/h3-9,16H,10-14H2,1-2H3/t16-/m1/s1. The maximum absolute atomic E-state index is 4.49. The first-order chi connectivity index (χ1) is 10.7. The molecule has 116 valence electrons. The van der Waals surface area contributed by atoms with E-state index in [1.54, 1.807) is 0 Å². The van der Waals surface area contributed by atoms with Crippen LogP contribution in [0, 0.1) is 6.92 Å². The van der Waals surface area contributed by atoms with Gasteiger partial charge in [0.05, 0.1) is 5.69 Å². The van der Waals surface area contributed by atoms with E-state index in [0.717, 1.165) is 38.4 Å². The van der Waals surface area contributed by atoms with Gasteiger partial charge in [0.1, 0.15) is 0 Å². The first-order valence-electron chi connectivity index (χ1n) is 8.02. The van der Waals surface area contributed by atoms with Gasteiger partial charge in [-0.25, -0.2) is 0 Å². The van der Waals surface area contributed by atoms with Gasteiger partial charge in [0, 0.05) is 56.9 Å². The molecule has 1 aliphatic heterocycles. The molecule has 3 rings (SSSR count). The Hall–Kier alpha value is -1.78. The van der Waals surface area contributed by atoms with Gasteiger partial charge >= 0.3 is 0 Å². The van der Waals surface area contributed by atoms with Gasteiger partial charge in [0.15, 0.2) is 0 Å². The summed E-state index contributed by atoms with van der Waals surface area (Å²) in [4.78, 5) is 13.9. The normalized spacial score (nSPS) is 18.3. The van der Waals surface area contributed by atoms with Gasteiger partial charge in [0.2, 0.25) is 0 Å². The molecule has 0 unspecified atom stereocenters. The van der Waals surface area contributed by atoms with Crippen LogP contribution in [0.5, 0.6) is 0 Å². The van der Waals surface area contributed by atoms with Crippen molar-refractivity contribution in [1.82, 2.24) is 19.8 Å². The predicted octanol–water partition coefficient (Wildman–Crippen LogP) is 2.66. The fraction of sp³-hybridized carbons (Fsp3) is 0.444. The van der Waals surface area contributed by atoms with Crippen LogP contribution in [-0.2, 0) is 6.54 Å². The average molecular weight is 296 g/mol. The van der Waals surface area contributed by atoms with Crippen molar-refractivity contribution in [3.63, 3.8) is 0 Å². The van der Waals surface area contributed by atoms with E-state index in [1.807, 2.05) is 24.5 Å². The molecule has 1 fully saturated rings. The summed E-state index contributed by atoms with van der Waals surface area (Å²) in [6.07, 6.45) is 3.75. The Kier molecular flexibility index (Phi) is 4.80. The van der Waals surface area contributed by atoms with E-state index in [2.05, 4.69) is 51.8 Å². The molecule has 2 aromatic heterocycles. The summed E-state index contributed by atoms with van der Waals surface area (Å²) < 4.78 is 0. The Morgan fingerprint density at radius 1 is 1.00 bits per heavy atom. The van der Waals surface area contributed by atoms with Crippen molar-refractivity contribution in [3.8, 4) is 0 Å². The molecule has 0 amide bonds. The number of nitrogens with zero attached hydrogens (tertiary/aromatic N) is 4. The summed E-state index contributed by atoms with van der Waals surface area (Å²) in [5.41, 5.74) is 3.65. The van der Waals surface area contributed by atoms with Gasteiger partial charge in [-0.3, -0.25) is 19.8 Å². The number of aryl methyl sites for hydroxylation is 1. The lowest BCUT2D eigenvalue weighted by Crippen LogP contribution is -2.46. The number of hydrogen-bond acceptors (Lipinski definition) is 4. The van der Waals surface area contributed by atoms with E-state index in [9.17, 15) is 0 Å². The van der Waals surface area contributed by atoms with Crippen LogP contribution in [0.4, 0.5) is 0 Å². The van der Waals surface area contributed by atoms with Gasteiger partial charge in [-0.05, 0) is 37.6 Å². The highest BCUT2D eigenvalue weighted by Gasteiger charge is 2.22. The first kappa shape index (κ1) is 15.1. The van der Waals surface area contributed by atoms with Crippen LogP contribution < -0.4 is 0 Å². The minimum absolute atomic E-state index is 0.392. The summed E-state index contributed by atoms with van der Waals surface area (Å²) in [5.74, 6) is 0. The topological polar surface area (TPSA) is 32.3 Å². The maximum atomic E-state index is 4.49. The highest BCUT2D eigenvalue weighted by Crippen LogP contribution is 2.20. The minimum Gasteiger partial charge on any atom is -0.296 e. The van der Waals surface area contributed by atoms with Gasteiger partial charge in [-0.15, -0.1) is 0 Å². The maximum Gasteiger partial charge on any atom is 0.0572 e. The van der Waals surface area contributed by atoms with E-state index in [1.165, 1.54) is 11.3 Å². The van der Waals surface area contributed by atoms with Crippen molar-refractivity contribution in [3.05, 3.63) is 59.7 Å². The van der Waals surface area contributed by atoms with E-state index in [4.69, 9.17) is 0 Å². The van der Waals surface area contributed by atoms with Gasteiger partial charge in [-0.2, -0.15) is 0 Å². The summed E-state index contributed by atoms with van der Waals surface area (Å²) in [6.45, 7) is 9.74. The van der Waals surface area contributed by atoms with E-state index < -0.39 is 0 Å². The zero-order chi connectivity index (χ0) is 15.4. The smallest absolute Gasteiger partial charge is 0.0572 e. The number of piperazine rings is 1. The largest absolute Gasteiger partial charge is 0.296 e. The summed E-state index contributed by atoms with van der Waals surface area (Å²) in [6, 6.07) is 10.8. The summed E-state index contributed by atoms with van der Waals surface area (Å²) in [5, 5.41) is 0. The highest BCUT2D eigenvalue weighted by molar-refractivity contribution is 5.18. The Morgan fingerprint density at radius 3 is 2.45 bits per heavy atom. The van der Waals surface area contributed by atoms with Gasteiger partial charge in [0.25, 0.3) is 0 Å². The van der Waals surface area contributed by atoms with E-state index in [-0.39, 0.29) is 0 Å². The third kappa shape index (κ3) is 3.51. The molecular formula is C18H24N4. The first-order valence-corrected chi connectivity index (χ1v) is 8.02. The third-order valence-corrected chi connectivity index (χ3v) is 4.58. The van der Waals surface area contributed by atoms with Crippen molar-refractivity contribution in [2.24, 2.45) is 0 Å². The third-order valence-electron chi connectivity index (χ3n) is 4.58. The molecular weight excluding hydrogens is 272 g/mol. The molecule has 0 bridgehead atoms. The molecule has 0 radical (unpaired) electrons. The second-order valence-corrected chi connectivity index (χ2v) is 5.99. The molecule has 0 saturated carbocycles. The van der Waals surface area contributed by atoms with Crippen LogP contribution in [-0.4, -0.2) is 45.9 Å². The number of hydrogen-bond donors (Lipinski definition) is 0. The van der Waals surface area contributed by atoms with Gasteiger partial charge in [-0.1, -0.05) is 12.1 Å². The molecule has 22 heavy (non-hydrogen) atoms. The molecule has 4 heteroatoms. The lowest BCUT2D eigenvalue weighted by molar-refractivity contribution is 0.0962. The van der Waals surface area contributed by atoms with Crippen molar-refractivity contribution < 1.29 is 0 Å². The molecule has 2 aromatic rings. The number of rotatable bonds is 4. The lowest BCUT2D eigenvalue weighted by Gasteiger charge is -2.38. The minimum atomic E-state index is 0.392. The SMILES string of the molecule is Cc1ncccc1CN1CCN([C@H](C)c2ccccn2)CC1. The molecule has 0 aliphatic carbocycles. The number of pyridine rings is 2. The van der Waals surface area contributed by atoms with Crippen LogP contribution in [0.1, 0.15) is 29.9 Å². The Balaban J connectivity index is 1.55. The average Bonchev–Trinajstić information content (AvgIpc) is 2.58. The molecule has 3 heterocycles. The Morgan fingerprint density at radius 2 is 1.77 bits per heavy atom. The fourth-order valence-corrected chi connectivity index (χ4v) is 3.04. The second-order valence-electron chi connectivity index (χ2n) is 5.99. The number of aromatic nitrogens is 2. The fourth-order valence-electron chi connectivity index (χ4n) is 3.04. The molecule has 0 aromatic carbocycles. The van der Waals surface area contributed by atoms with Crippen molar-refractivity contribution in [2.45, 2.75) is 26.4 Å².